The molecule has 3 aromatic rings. The van der Waals surface area contributed by atoms with Crippen LogP contribution in [-0.2, 0) is 11.0 Å². The van der Waals surface area contributed by atoms with Crippen LogP contribution in [0.5, 0.6) is 5.75 Å². The van der Waals surface area contributed by atoms with Gasteiger partial charge in [-0.05, 0) is 55.3 Å². The van der Waals surface area contributed by atoms with Gasteiger partial charge in [-0.25, -0.2) is 0 Å². The number of nitrogens with zero attached hydrogens (tertiary/aromatic N) is 3. The number of alkyl halides is 3. The molecular weight excluding hydrogens is 425 g/mol. The second-order valence-corrected chi connectivity index (χ2v) is 7.42. The highest BCUT2D eigenvalue weighted by atomic mass is 19.4. The lowest BCUT2D eigenvalue weighted by atomic mass is 9.95. The summed E-state index contributed by atoms with van der Waals surface area (Å²) in [6, 6.07) is 10.3. The molecule has 0 radical (unpaired) electrons. The third-order valence-electron chi connectivity index (χ3n) is 5.40. The van der Waals surface area contributed by atoms with Crippen LogP contribution in [-0.4, -0.2) is 36.3 Å². The molecule has 0 atom stereocenters. The predicted octanol–water partition coefficient (Wildman–Crippen LogP) is 4.62. The van der Waals surface area contributed by atoms with Gasteiger partial charge in [-0.15, -0.1) is 10.2 Å². The van der Waals surface area contributed by atoms with Crippen LogP contribution in [0, 0.1) is 5.92 Å². The number of rotatable bonds is 5. The summed E-state index contributed by atoms with van der Waals surface area (Å²) in [5.41, 5.74) is -0.211. The van der Waals surface area contributed by atoms with Gasteiger partial charge in [0.15, 0.2) is 11.6 Å². The second kappa shape index (κ2) is 8.89. The zero-order chi connectivity index (χ0) is 22.7. The first-order valence-corrected chi connectivity index (χ1v) is 10.0. The van der Waals surface area contributed by atoms with Crippen LogP contribution >= 0.6 is 0 Å². The normalized spacial score (nSPS) is 14.9. The van der Waals surface area contributed by atoms with Crippen LogP contribution < -0.4 is 15.0 Å². The number of carbonyl (C=O) groups is 1. The molecule has 1 amide bonds. The first kappa shape index (κ1) is 21.7. The Kier molecular flexibility index (Phi) is 6.02. The Morgan fingerprint density at radius 3 is 2.53 bits per heavy atom. The van der Waals surface area contributed by atoms with E-state index in [1.165, 1.54) is 13.2 Å². The van der Waals surface area contributed by atoms with Gasteiger partial charge in [0, 0.05) is 19.0 Å². The number of benzene rings is 1. The zero-order valence-electron chi connectivity index (χ0n) is 17.2. The van der Waals surface area contributed by atoms with E-state index in [9.17, 15) is 18.0 Å². The third-order valence-corrected chi connectivity index (χ3v) is 5.40. The number of piperidine rings is 1. The van der Waals surface area contributed by atoms with E-state index in [1.54, 1.807) is 18.4 Å². The monoisotopic (exact) mass is 446 g/mol. The third kappa shape index (κ3) is 4.68. The van der Waals surface area contributed by atoms with Gasteiger partial charge in [0.25, 0.3) is 0 Å². The molecule has 0 spiro atoms. The fraction of sp³-hybridized carbons (Fsp3) is 0.318. The minimum atomic E-state index is -4.51. The number of amides is 1. The Hall–Kier alpha value is -3.56. The van der Waals surface area contributed by atoms with Gasteiger partial charge in [0.2, 0.25) is 5.91 Å². The minimum absolute atomic E-state index is 0.00846. The van der Waals surface area contributed by atoms with Gasteiger partial charge in [0.05, 0.1) is 24.6 Å². The first-order chi connectivity index (χ1) is 15.3. The van der Waals surface area contributed by atoms with Crippen molar-refractivity contribution < 1.29 is 27.1 Å². The van der Waals surface area contributed by atoms with Crippen LogP contribution in [0.15, 0.2) is 53.1 Å². The van der Waals surface area contributed by atoms with E-state index in [1.807, 2.05) is 17.0 Å². The molecule has 1 fully saturated rings. The van der Waals surface area contributed by atoms with E-state index < -0.39 is 11.7 Å². The molecule has 1 N–H and O–H groups in total. The van der Waals surface area contributed by atoms with Crippen molar-refractivity contribution in [2.24, 2.45) is 5.92 Å². The van der Waals surface area contributed by atoms with Crippen LogP contribution in [0.25, 0.3) is 11.5 Å². The molecule has 1 aliphatic heterocycles. The molecular formula is C22H21F3N4O3. The Bertz CT molecular complexity index is 1060. The van der Waals surface area contributed by atoms with Gasteiger partial charge in [-0.2, -0.15) is 13.2 Å². The Labute approximate surface area is 182 Å². The summed E-state index contributed by atoms with van der Waals surface area (Å²) >= 11 is 0. The largest absolute Gasteiger partial charge is 0.495 e. The summed E-state index contributed by atoms with van der Waals surface area (Å²) in [6.45, 7) is 1.15. The van der Waals surface area contributed by atoms with Gasteiger partial charge in [-0.3, -0.25) is 4.79 Å². The fourth-order valence-electron chi connectivity index (χ4n) is 3.64. The van der Waals surface area contributed by atoms with E-state index in [2.05, 4.69) is 15.5 Å². The van der Waals surface area contributed by atoms with Crippen molar-refractivity contribution in [1.82, 2.24) is 10.2 Å². The molecule has 3 heterocycles. The number of anilines is 2. The number of nitrogens with one attached hydrogen (secondary N) is 1. The maximum atomic E-state index is 13.0. The maximum absolute atomic E-state index is 13.0. The number of methoxy groups -OCH3 is 1. The zero-order valence-corrected chi connectivity index (χ0v) is 17.2. The Morgan fingerprint density at radius 1 is 1.16 bits per heavy atom. The highest BCUT2D eigenvalue weighted by Gasteiger charge is 2.32. The number of halogens is 3. The summed E-state index contributed by atoms with van der Waals surface area (Å²) in [6.07, 6.45) is -1.87. The molecule has 7 nitrogen and oxygen atoms in total. The summed E-state index contributed by atoms with van der Waals surface area (Å²) in [7, 11) is 1.34. The lowest BCUT2D eigenvalue weighted by Crippen LogP contribution is -2.38. The summed E-state index contributed by atoms with van der Waals surface area (Å²) < 4.78 is 49.5. The van der Waals surface area contributed by atoms with Crippen molar-refractivity contribution >= 4 is 17.4 Å². The van der Waals surface area contributed by atoms with Gasteiger partial charge in [-0.1, -0.05) is 0 Å². The molecule has 0 bridgehead atoms. The van der Waals surface area contributed by atoms with Gasteiger partial charge in [0.1, 0.15) is 11.4 Å². The molecule has 0 saturated carbocycles. The second-order valence-electron chi connectivity index (χ2n) is 7.42. The van der Waals surface area contributed by atoms with Crippen LogP contribution in [0.1, 0.15) is 18.4 Å². The highest BCUT2D eigenvalue weighted by Crippen LogP contribution is 2.35. The van der Waals surface area contributed by atoms with E-state index in [-0.39, 0.29) is 23.3 Å². The molecule has 168 valence electrons. The molecule has 1 saturated heterocycles. The molecule has 32 heavy (non-hydrogen) atoms. The molecule has 0 unspecified atom stereocenters. The summed E-state index contributed by atoms with van der Waals surface area (Å²) in [4.78, 5) is 14.7. The fourth-order valence-corrected chi connectivity index (χ4v) is 3.64. The van der Waals surface area contributed by atoms with Crippen molar-refractivity contribution in [1.29, 1.82) is 0 Å². The lowest BCUT2D eigenvalue weighted by molar-refractivity contribution is -0.137. The van der Waals surface area contributed by atoms with Crippen molar-refractivity contribution in [2.45, 2.75) is 19.0 Å². The lowest BCUT2D eigenvalue weighted by Gasteiger charge is -2.32. The minimum Gasteiger partial charge on any atom is -0.495 e. The van der Waals surface area contributed by atoms with Crippen LogP contribution in [0.3, 0.4) is 0 Å². The van der Waals surface area contributed by atoms with E-state index in [0.29, 0.717) is 43.2 Å². The van der Waals surface area contributed by atoms with Crippen molar-refractivity contribution in [3.05, 3.63) is 54.3 Å². The summed E-state index contributed by atoms with van der Waals surface area (Å²) in [5, 5.41) is 11.0. The van der Waals surface area contributed by atoms with Crippen molar-refractivity contribution in [3.8, 4) is 17.2 Å². The summed E-state index contributed by atoms with van der Waals surface area (Å²) in [5.74, 6) is 0.834. The van der Waals surface area contributed by atoms with E-state index in [0.717, 1.165) is 12.1 Å². The number of hydrogen-bond acceptors (Lipinski definition) is 6. The molecule has 2 aromatic heterocycles. The van der Waals surface area contributed by atoms with E-state index >= 15 is 0 Å². The van der Waals surface area contributed by atoms with Crippen LogP contribution in [0.4, 0.5) is 24.7 Å². The van der Waals surface area contributed by atoms with Gasteiger partial charge >= 0.3 is 6.18 Å². The molecule has 1 aromatic carbocycles. The quantitative estimate of drug-likeness (QED) is 0.616. The van der Waals surface area contributed by atoms with Crippen LogP contribution in [0.2, 0.25) is 0 Å². The standard InChI is InChI=1S/C22H21F3N4O3/c1-31-18-6-4-15(22(23,24)25)13-17(18)26-21(30)14-8-10-29(11-9-14)20-7-5-16(27-28-20)19-3-2-12-32-19/h2-7,12-14H,8-11H2,1H3,(H,26,30). The molecule has 10 heteroatoms. The first-order valence-electron chi connectivity index (χ1n) is 10.0. The van der Waals surface area contributed by atoms with E-state index in [4.69, 9.17) is 9.15 Å². The molecule has 0 aliphatic carbocycles. The van der Waals surface area contributed by atoms with Crippen molar-refractivity contribution in [2.75, 3.05) is 30.4 Å². The number of aromatic nitrogens is 2. The number of hydrogen-bond donors (Lipinski definition) is 1. The predicted molar refractivity (Wildman–Crippen MR) is 111 cm³/mol. The maximum Gasteiger partial charge on any atom is 0.416 e. The smallest absolute Gasteiger partial charge is 0.416 e. The Morgan fingerprint density at radius 2 is 1.94 bits per heavy atom. The Balaban J connectivity index is 1.38. The number of ether oxygens (including phenoxy) is 1. The SMILES string of the molecule is COc1ccc(C(F)(F)F)cc1NC(=O)C1CCN(c2ccc(-c3ccco3)nn2)CC1. The van der Waals surface area contributed by atoms with Crippen molar-refractivity contribution in [3.63, 3.8) is 0 Å². The number of furan rings is 1. The number of carbonyl (C=O) groups excluding carboxylic acids is 1. The highest BCUT2D eigenvalue weighted by molar-refractivity contribution is 5.94. The average Bonchev–Trinajstić information content (AvgIpc) is 3.34. The molecule has 1 aliphatic rings. The molecule has 4 rings (SSSR count). The van der Waals surface area contributed by atoms with Gasteiger partial charge < -0.3 is 19.4 Å². The average molecular weight is 446 g/mol. The topological polar surface area (TPSA) is 80.5 Å².